The lowest BCUT2D eigenvalue weighted by molar-refractivity contribution is -0.130. The number of carbonyl (C=O) groups excluding carboxylic acids is 1. The summed E-state index contributed by atoms with van der Waals surface area (Å²) in [5.74, 6) is 2.57. The van der Waals surface area contributed by atoms with Gasteiger partial charge >= 0.3 is 0 Å². The van der Waals surface area contributed by atoms with Crippen LogP contribution in [0.25, 0.3) is 11.0 Å². The number of hydrogen-bond donors (Lipinski definition) is 0. The molecule has 1 aliphatic carbocycles. The van der Waals surface area contributed by atoms with E-state index in [2.05, 4.69) is 28.3 Å². The van der Waals surface area contributed by atoms with Crippen LogP contribution in [0, 0.1) is 5.92 Å². The summed E-state index contributed by atoms with van der Waals surface area (Å²) in [4.78, 5) is 24.0. The molecule has 0 N–H and O–H groups in total. The van der Waals surface area contributed by atoms with Gasteiger partial charge in [0.15, 0.2) is 0 Å². The summed E-state index contributed by atoms with van der Waals surface area (Å²) in [6, 6.07) is 2.32. The zero-order valence-electron chi connectivity index (χ0n) is 16.7. The fourth-order valence-corrected chi connectivity index (χ4v) is 4.95. The van der Waals surface area contributed by atoms with Crippen molar-refractivity contribution in [2.45, 2.75) is 77.2 Å². The second-order valence-corrected chi connectivity index (χ2v) is 8.67. The highest BCUT2D eigenvalue weighted by molar-refractivity contribution is 5.77. The number of rotatable bonds is 5. The smallest absolute Gasteiger partial charge is 0.222 e. The van der Waals surface area contributed by atoms with Gasteiger partial charge in [-0.05, 0) is 38.7 Å². The molecule has 4 rings (SSSR count). The van der Waals surface area contributed by atoms with E-state index in [9.17, 15) is 4.79 Å². The molecular formula is C22H32N4O. The summed E-state index contributed by atoms with van der Waals surface area (Å²) >= 11 is 0. The summed E-state index contributed by atoms with van der Waals surface area (Å²) in [5.41, 5.74) is 2.11. The zero-order chi connectivity index (χ0) is 18.8. The van der Waals surface area contributed by atoms with Crippen molar-refractivity contribution >= 4 is 16.9 Å². The first kappa shape index (κ1) is 18.5. The molecule has 0 aromatic carbocycles. The van der Waals surface area contributed by atoms with Gasteiger partial charge < -0.3 is 9.47 Å². The molecule has 1 aliphatic heterocycles. The first-order chi connectivity index (χ1) is 13.1. The van der Waals surface area contributed by atoms with E-state index < -0.39 is 0 Å². The fourth-order valence-electron chi connectivity index (χ4n) is 4.95. The lowest BCUT2D eigenvalue weighted by Gasteiger charge is -2.23. The van der Waals surface area contributed by atoms with Crippen molar-refractivity contribution in [1.29, 1.82) is 0 Å². The molecule has 1 amide bonds. The van der Waals surface area contributed by atoms with Crippen LogP contribution in [0.15, 0.2) is 18.5 Å². The number of aromatic nitrogens is 3. The molecule has 5 heteroatoms. The summed E-state index contributed by atoms with van der Waals surface area (Å²) in [7, 11) is 0. The SMILES string of the molecule is CC(C)n1c(C2CCN(C(=O)CCC3CCCCC3)C2)nc2ccncc21. The number of nitrogens with zero attached hydrogens (tertiary/aromatic N) is 4. The van der Waals surface area contributed by atoms with Crippen LogP contribution in [-0.4, -0.2) is 38.4 Å². The molecule has 2 aromatic rings. The van der Waals surface area contributed by atoms with Gasteiger partial charge in [0.2, 0.25) is 5.91 Å². The van der Waals surface area contributed by atoms with Crippen molar-refractivity contribution < 1.29 is 4.79 Å². The highest BCUT2D eigenvalue weighted by Gasteiger charge is 2.31. The summed E-state index contributed by atoms with van der Waals surface area (Å²) in [5, 5.41) is 0. The maximum atomic E-state index is 12.7. The maximum absolute atomic E-state index is 12.7. The Morgan fingerprint density at radius 3 is 2.81 bits per heavy atom. The van der Waals surface area contributed by atoms with E-state index in [0.717, 1.165) is 55.1 Å². The Morgan fingerprint density at radius 1 is 1.22 bits per heavy atom. The zero-order valence-corrected chi connectivity index (χ0v) is 16.7. The highest BCUT2D eigenvalue weighted by atomic mass is 16.2. The molecule has 2 fully saturated rings. The minimum atomic E-state index is 0.332. The van der Waals surface area contributed by atoms with Crippen LogP contribution in [-0.2, 0) is 4.79 Å². The number of likely N-dealkylation sites (tertiary alicyclic amines) is 1. The number of imidazole rings is 1. The van der Waals surface area contributed by atoms with Crippen LogP contribution in [0.2, 0.25) is 0 Å². The van der Waals surface area contributed by atoms with E-state index >= 15 is 0 Å². The topological polar surface area (TPSA) is 51.0 Å². The van der Waals surface area contributed by atoms with Gasteiger partial charge in [-0.1, -0.05) is 32.1 Å². The molecule has 1 unspecified atom stereocenters. The molecular weight excluding hydrogens is 336 g/mol. The Hall–Kier alpha value is -1.91. The van der Waals surface area contributed by atoms with Crippen molar-refractivity contribution in [1.82, 2.24) is 19.4 Å². The molecule has 0 bridgehead atoms. The van der Waals surface area contributed by atoms with Crippen molar-refractivity contribution in [3.05, 3.63) is 24.3 Å². The van der Waals surface area contributed by atoms with E-state index in [-0.39, 0.29) is 0 Å². The quantitative estimate of drug-likeness (QED) is 0.769. The Bertz CT molecular complexity index is 791. The number of fused-ring (bicyclic) bond motifs is 1. The van der Waals surface area contributed by atoms with Crippen LogP contribution in [0.1, 0.15) is 83.0 Å². The lowest BCUT2D eigenvalue weighted by atomic mass is 9.86. The monoisotopic (exact) mass is 368 g/mol. The Kier molecular flexibility index (Phi) is 5.46. The molecule has 2 aromatic heterocycles. The van der Waals surface area contributed by atoms with Gasteiger partial charge in [-0.3, -0.25) is 9.78 Å². The van der Waals surface area contributed by atoms with Crippen molar-refractivity contribution in [3.8, 4) is 0 Å². The van der Waals surface area contributed by atoms with Crippen LogP contribution in [0.5, 0.6) is 0 Å². The van der Waals surface area contributed by atoms with Crippen LogP contribution < -0.4 is 0 Å². The van der Waals surface area contributed by atoms with E-state index in [1.165, 1.54) is 32.1 Å². The largest absolute Gasteiger partial charge is 0.342 e. The minimum absolute atomic E-state index is 0.332. The minimum Gasteiger partial charge on any atom is -0.342 e. The predicted octanol–water partition coefficient (Wildman–Crippen LogP) is 4.69. The van der Waals surface area contributed by atoms with Gasteiger partial charge in [0.05, 0.1) is 17.2 Å². The van der Waals surface area contributed by atoms with Crippen LogP contribution in [0.4, 0.5) is 0 Å². The fraction of sp³-hybridized carbons (Fsp3) is 0.682. The average molecular weight is 369 g/mol. The first-order valence-electron chi connectivity index (χ1n) is 10.7. The van der Waals surface area contributed by atoms with Gasteiger partial charge in [-0.2, -0.15) is 0 Å². The van der Waals surface area contributed by atoms with E-state index in [0.29, 0.717) is 17.9 Å². The lowest BCUT2D eigenvalue weighted by Crippen LogP contribution is -2.29. The molecule has 1 saturated carbocycles. The number of pyridine rings is 1. The van der Waals surface area contributed by atoms with Gasteiger partial charge in [0.25, 0.3) is 0 Å². The van der Waals surface area contributed by atoms with Gasteiger partial charge in [0.1, 0.15) is 5.82 Å². The Balaban J connectivity index is 1.42. The average Bonchev–Trinajstić information content (AvgIpc) is 3.31. The van der Waals surface area contributed by atoms with Crippen molar-refractivity contribution in [2.75, 3.05) is 13.1 Å². The standard InChI is InChI=1S/C22H32N4O/c1-16(2)26-20-14-23-12-10-19(20)24-22(26)18-11-13-25(15-18)21(27)9-8-17-6-4-3-5-7-17/h10,12,14,16-18H,3-9,11,13,15H2,1-2H3. The Labute approximate surface area is 162 Å². The molecule has 0 radical (unpaired) electrons. The molecule has 146 valence electrons. The van der Waals surface area contributed by atoms with Gasteiger partial charge in [0, 0.05) is 37.7 Å². The first-order valence-corrected chi connectivity index (χ1v) is 10.7. The molecule has 1 saturated heterocycles. The number of amides is 1. The third-order valence-corrected chi connectivity index (χ3v) is 6.43. The maximum Gasteiger partial charge on any atom is 0.222 e. The molecule has 1 atom stereocenters. The normalized spacial score (nSPS) is 21.4. The Morgan fingerprint density at radius 2 is 2.04 bits per heavy atom. The third kappa shape index (κ3) is 3.87. The van der Waals surface area contributed by atoms with E-state index in [1.54, 1.807) is 6.20 Å². The molecule has 2 aliphatic rings. The molecule has 27 heavy (non-hydrogen) atoms. The van der Waals surface area contributed by atoms with E-state index in [4.69, 9.17) is 4.98 Å². The molecule has 5 nitrogen and oxygen atoms in total. The molecule has 3 heterocycles. The van der Waals surface area contributed by atoms with Crippen molar-refractivity contribution in [2.24, 2.45) is 5.92 Å². The summed E-state index contributed by atoms with van der Waals surface area (Å²) in [6.07, 6.45) is 13.3. The molecule has 0 spiro atoms. The number of hydrogen-bond acceptors (Lipinski definition) is 3. The second kappa shape index (κ2) is 7.99. The summed E-state index contributed by atoms with van der Waals surface area (Å²) in [6.45, 7) is 6.07. The van der Waals surface area contributed by atoms with Crippen LogP contribution >= 0.6 is 0 Å². The highest BCUT2D eigenvalue weighted by Crippen LogP contribution is 2.32. The summed E-state index contributed by atoms with van der Waals surface area (Å²) < 4.78 is 2.31. The second-order valence-electron chi connectivity index (χ2n) is 8.67. The van der Waals surface area contributed by atoms with Crippen LogP contribution in [0.3, 0.4) is 0 Å². The van der Waals surface area contributed by atoms with Gasteiger partial charge in [-0.15, -0.1) is 0 Å². The van der Waals surface area contributed by atoms with Gasteiger partial charge in [-0.25, -0.2) is 4.98 Å². The predicted molar refractivity (Wildman–Crippen MR) is 108 cm³/mol. The number of carbonyl (C=O) groups is 1. The van der Waals surface area contributed by atoms with E-state index in [1.807, 2.05) is 12.3 Å². The third-order valence-electron chi connectivity index (χ3n) is 6.43. The van der Waals surface area contributed by atoms with Crippen molar-refractivity contribution in [3.63, 3.8) is 0 Å².